The van der Waals surface area contributed by atoms with Gasteiger partial charge in [0, 0.05) is 13.1 Å². The van der Waals surface area contributed by atoms with Crippen molar-refractivity contribution in [2.45, 2.75) is 33.4 Å². The van der Waals surface area contributed by atoms with E-state index in [0.29, 0.717) is 18.8 Å². The molecule has 0 saturated carbocycles. The predicted octanol–water partition coefficient (Wildman–Crippen LogP) is 3.28. The minimum atomic E-state index is -0.619. The number of aliphatic hydroxyl groups excluding tert-OH is 1. The Balaban J connectivity index is 1.75. The highest BCUT2D eigenvalue weighted by atomic mass is 19.1. The molecule has 0 fully saturated rings. The number of rotatable bonds is 7. The van der Waals surface area contributed by atoms with E-state index in [1.165, 1.54) is 34.4 Å². The topological polar surface area (TPSA) is 41.5 Å². The molecule has 2 aromatic carbocycles. The molecule has 4 heteroatoms. The maximum atomic E-state index is 12.8. The van der Waals surface area contributed by atoms with Crippen LogP contribution >= 0.6 is 0 Å². The summed E-state index contributed by atoms with van der Waals surface area (Å²) in [6.07, 6.45) is -0.619. The average Bonchev–Trinajstić information content (AvgIpc) is 2.52. The highest BCUT2D eigenvalue weighted by Gasteiger charge is 2.07. The van der Waals surface area contributed by atoms with Crippen molar-refractivity contribution < 1.29 is 14.2 Å². The summed E-state index contributed by atoms with van der Waals surface area (Å²) in [6.45, 7) is 7.62. The largest absolute Gasteiger partial charge is 0.491 e. The zero-order chi connectivity index (χ0) is 16.8. The molecule has 1 atom stereocenters. The Morgan fingerprint density at radius 3 is 2.39 bits per heavy atom. The van der Waals surface area contributed by atoms with Gasteiger partial charge in [0.05, 0.1) is 0 Å². The Morgan fingerprint density at radius 1 is 1.04 bits per heavy atom. The number of ether oxygens (including phenoxy) is 1. The third-order valence-electron chi connectivity index (χ3n) is 3.90. The van der Waals surface area contributed by atoms with Crippen LogP contribution in [0.4, 0.5) is 4.39 Å². The van der Waals surface area contributed by atoms with E-state index in [9.17, 15) is 9.50 Å². The van der Waals surface area contributed by atoms with Crippen LogP contribution in [0.1, 0.15) is 22.3 Å². The first-order valence-electron chi connectivity index (χ1n) is 7.79. The summed E-state index contributed by atoms with van der Waals surface area (Å²) in [5.41, 5.74) is 5.05. The van der Waals surface area contributed by atoms with E-state index in [1.54, 1.807) is 12.1 Å². The van der Waals surface area contributed by atoms with Crippen LogP contribution in [-0.2, 0) is 6.54 Å². The second-order valence-electron chi connectivity index (χ2n) is 5.91. The number of nitrogens with one attached hydrogen (secondary N) is 1. The fourth-order valence-electron chi connectivity index (χ4n) is 2.37. The number of benzene rings is 2. The maximum Gasteiger partial charge on any atom is 0.123 e. The van der Waals surface area contributed by atoms with Crippen molar-refractivity contribution in [3.63, 3.8) is 0 Å². The fourth-order valence-corrected chi connectivity index (χ4v) is 2.37. The van der Waals surface area contributed by atoms with Crippen molar-refractivity contribution in [3.05, 3.63) is 64.5 Å². The summed E-state index contributed by atoms with van der Waals surface area (Å²) in [5, 5.41) is 13.2. The summed E-state index contributed by atoms with van der Waals surface area (Å²) >= 11 is 0. The third kappa shape index (κ3) is 5.34. The zero-order valence-electron chi connectivity index (χ0n) is 13.9. The van der Waals surface area contributed by atoms with Gasteiger partial charge in [0.2, 0.25) is 0 Å². The molecule has 2 N–H and O–H groups in total. The van der Waals surface area contributed by atoms with Crippen LogP contribution < -0.4 is 10.1 Å². The Hall–Kier alpha value is -1.91. The maximum absolute atomic E-state index is 12.8. The molecule has 124 valence electrons. The van der Waals surface area contributed by atoms with Crippen molar-refractivity contribution in [1.29, 1.82) is 0 Å². The Labute approximate surface area is 137 Å². The molecule has 0 aliphatic rings. The molecular formula is C19H24FNO2. The molecule has 0 saturated heterocycles. The summed E-state index contributed by atoms with van der Waals surface area (Å²) in [5.74, 6) is 0.249. The van der Waals surface area contributed by atoms with Gasteiger partial charge < -0.3 is 15.2 Å². The SMILES string of the molecule is Cc1cc(C)c(CNCC(O)COc2ccc(F)cc2)cc1C. The highest BCUT2D eigenvalue weighted by Crippen LogP contribution is 2.15. The number of aryl methyl sites for hydroxylation is 3. The lowest BCUT2D eigenvalue weighted by atomic mass is 10.0. The van der Waals surface area contributed by atoms with Crippen molar-refractivity contribution >= 4 is 0 Å². The van der Waals surface area contributed by atoms with E-state index in [4.69, 9.17) is 4.74 Å². The lowest BCUT2D eigenvalue weighted by Crippen LogP contribution is -2.31. The van der Waals surface area contributed by atoms with Gasteiger partial charge in [-0.05, 0) is 67.3 Å². The molecule has 2 rings (SSSR count). The molecule has 0 aromatic heterocycles. The van der Waals surface area contributed by atoms with Crippen LogP contribution in [0.5, 0.6) is 5.75 Å². The lowest BCUT2D eigenvalue weighted by Gasteiger charge is -2.15. The summed E-state index contributed by atoms with van der Waals surface area (Å²) < 4.78 is 18.2. The average molecular weight is 317 g/mol. The van der Waals surface area contributed by atoms with Crippen LogP contribution in [0, 0.1) is 26.6 Å². The number of halogens is 1. The molecule has 0 radical (unpaired) electrons. The summed E-state index contributed by atoms with van der Waals surface area (Å²) in [6, 6.07) is 10.1. The van der Waals surface area contributed by atoms with Crippen LogP contribution in [0.15, 0.2) is 36.4 Å². The van der Waals surface area contributed by atoms with Gasteiger partial charge in [-0.2, -0.15) is 0 Å². The van der Waals surface area contributed by atoms with Crippen molar-refractivity contribution in [3.8, 4) is 5.75 Å². The summed E-state index contributed by atoms with van der Waals surface area (Å²) in [4.78, 5) is 0. The van der Waals surface area contributed by atoms with E-state index in [0.717, 1.165) is 0 Å². The van der Waals surface area contributed by atoms with Crippen LogP contribution in [0.3, 0.4) is 0 Å². The zero-order valence-corrected chi connectivity index (χ0v) is 13.9. The highest BCUT2D eigenvalue weighted by molar-refractivity contribution is 5.36. The first kappa shape index (κ1) is 17.4. The normalized spacial score (nSPS) is 12.2. The van der Waals surface area contributed by atoms with Crippen molar-refractivity contribution in [2.24, 2.45) is 0 Å². The van der Waals surface area contributed by atoms with E-state index in [2.05, 4.69) is 38.2 Å². The van der Waals surface area contributed by atoms with Gasteiger partial charge in [-0.1, -0.05) is 12.1 Å². The lowest BCUT2D eigenvalue weighted by molar-refractivity contribution is 0.106. The van der Waals surface area contributed by atoms with Gasteiger partial charge >= 0.3 is 0 Å². The molecule has 3 nitrogen and oxygen atoms in total. The Bertz CT molecular complexity index is 641. The van der Waals surface area contributed by atoms with Crippen LogP contribution in [-0.4, -0.2) is 24.4 Å². The number of hydrogen-bond acceptors (Lipinski definition) is 3. The number of hydrogen-bond donors (Lipinski definition) is 2. The molecule has 0 amide bonds. The van der Waals surface area contributed by atoms with Crippen molar-refractivity contribution in [2.75, 3.05) is 13.2 Å². The van der Waals surface area contributed by atoms with Gasteiger partial charge in [0.15, 0.2) is 0 Å². The van der Waals surface area contributed by atoms with Gasteiger partial charge in [0.25, 0.3) is 0 Å². The quantitative estimate of drug-likeness (QED) is 0.823. The molecule has 1 unspecified atom stereocenters. The second kappa shape index (κ2) is 8.09. The first-order valence-corrected chi connectivity index (χ1v) is 7.79. The van der Waals surface area contributed by atoms with Crippen molar-refractivity contribution in [1.82, 2.24) is 5.32 Å². The monoisotopic (exact) mass is 317 g/mol. The van der Waals surface area contributed by atoms with E-state index >= 15 is 0 Å². The van der Waals surface area contributed by atoms with E-state index in [1.807, 2.05) is 0 Å². The molecule has 2 aromatic rings. The van der Waals surface area contributed by atoms with Gasteiger partial charge in [-0.25, -0.2) is 4.39 Å². The van der Waals surface area contributed by atoms with Gasteiger partial charge in [-0.15, -0.1) is 0 Å². The van der Waals surface area contributed by atoms with Crippen LogP contribution in [0.25, 0.3) is 0 Å². The molecule has 0 aliphatic heterocycles. The molecule has 0 bridgehead atoms. The van der Waals surface area contributed by atoms with E-state index < -0.39 is 6.10 Å². The standard InChI is InChI=1S/C19H24FNO2/c1-13-8-15(3)16(9-14(13)2)10-21-11-18(22)12-23-19-6-4-17(20)5-7-19/h4-9,18,21-22H,10-12H2,1-3H3. The molecule has 0 spiro atoms. The fraction of sp³-hybridized carbons (Fsp3) is 0.368. The van der Waals surface area contributed by atoms with Gasteiger partial charge in [-0.3, -0.25) is 0 Å². The van der Waals surface area contributed by atoms with Gasteiger partial charge in [0.1, 0.15) is 24.3 Å². The molecule has 23 heavy (non-hydrogen) atoms. The molecule has 0 aliphatic carbocycles. The Kier molecular flexibility index (Phi) is 6.13. The third-order valence-corrected chi connectivity index (χ3v) is 3.90. The summed E-state index contributed by atoms with van der Waals surface area (Å²) in [7, 11) is 0. The minimum absolute atomic E-state index is 0.171. The number of aliphatic hydroxyl groups is 1. The Morgan fingerprint density at radius 2 is 1.70 bits per heavy atom. The van der Waals surface area contributed by atoms with Crippen LogP contribution in [0.2, 0.25) is 0 Å². The molecular weight excluding hydrogens is 293 g/mol. The first-order chi connectivity index (χ1) is 11.0. The molecule has 0 heterocycles. The second-order valence-corrected chi connectivity index (χ2v) is 5.91. The minimum Gasteiger partial charge on any atom is -0.491 e. The smallest absolute Gasteiger partial charge is 0.123 e. The van der Waals surface area contributed by atoms with E-state index in [-0.39, 0.29) is 12.4 Å². The predicted molar refractivity (Wildman–Crippen MR) is 90.3 cm³/mol.